The van der Waals surface area contributed by atoms with Crippen molar-refractivity contribution in [1.29, 1.82) is 0 Å². The molecular weight excluding hydrogens is 394 g/mol. The number of fused-ring (bicyclic) bond motifs is 1. The normalized spacial score (nSPS) is 18.2. The van der Waals surface area contributed by atoms with E-state index in [0.717, 1.165) is 59.4 Å². The Bertz CT molecular complexity index is 1110. The van der Waals surface area contributed by atoms with Crippen LogP contribution in [0.1, 0.15) is 39.5 Å². The Morgan fingerprint density at radius 3 is 2.74 bits per heavy atom. The maximum Gasteiger partial charge on any atom is 0.339 e. The third-order valence-corrected chi connectivity index (χ3v) is 6.32. The number of carboxylic acid groups (broad SMARTS) is 1. The highest BCUT2D eigenvalue weighted by Gasteiger charge is 2.27. The van der Waals surface area contributed by atoms with E-state index in [1.54, 1.807) is 13.2 Å². The summed E-state index contributed by atoms with van der Waals surface area (Å²) in [5.74, 6) is -0.450. The van der Waals surface area contributed by atoms with Crippen LogP contribution in [-0.2, 0) is 6.54 Å². The average Bonchev–Trinajstić information content (AvgIpc) is 3.16. The Morgan fingerprint density at radius 2 is 2.03 bits per heavy atom. The SMILES string of the molecule is COc1cc(C)c2[nH]ccc2c1CN1CCN(C)CCC1c1ccc(C(=O)O)c(O)c1. The standard InChI is InChI=1S/C24H29N3O4/c1-15-12-22(31-3)19(17-6-8-25-23(15)17)14-27-11-10-26(2)9-7-20(27)16-4-5-18(24(29)30)21(28)13-16/h4-6,8,12-13,20,25,28H,7,9-11,14H2,1-3H3,(H,29,30). The van der Waals surface area contributed by atoms with Crippen molar-refractivity contribution in [3.05, 3.63) is 58.8 Å². The molecule has 0 spiro atoms. The Balaban J connectivity index is 1.74. The molecule has 0 radical (unpaired) electrons. The summed E-state index contributed by atoms with van der Waals surface area (Å²) in [5.41, 5.74) is 4.24. The first-order chi connectivity index (χ1) is 14.9. The van der Waals surface area contributed by atoms with E-state index in [1.807, 2.05) is 12.3 Å². The van der Waals surface area contributed by atoms with Gasteiger partial charge in [-0.3, -0.25) is 4.90 Å². The molecule has 1 aliphatic heterocycles. The van der Waals surface area contributed by atoms with Crippen molar-refractivity contribution >= 4 is 16.9 Å². The number of nitrogens with zero attached hydrogens (tertiary/aromatic N) is 2. The van der Waals surface area contributed by atoms with E-state index in [1.165, 1.54) is 6.07 Å². The van der Waals surface area contributed by atoms with E-state index in [2.05, 4.69) is 40.9 Å². The number of aromatic nitrogens is 1. The molecule has 2 heterocycles. The zero-order valence-corrected chi connectivity index (χ0v) is 18.2. The molecule has 1 fully saturated rings. The molecule has 4 rings (SSSR count). The van der Waals surface area contributed by atoms with Gasteiger partial charge in [-0.15, -0.1) is 0 Å². The first-order valence-electron chi connectivity index (χ1n) is 10.5. The molecule has 1 aromatic heterocycles. The summed E-state index contributed by atoms with van der Waals surface area (Å²) in [6, 6.07) is 9.14. The molecule has 7 nitrogen and oxygen atoms in total. The molecule has 0 amide bonds. The van der Waals surface area contributed by atoms with Gasteiger partial charge in [0.2, 0.25) is 0 Å². The van der Waals surface area contributed by atoms with Crippen LogP contribution < -0.4 is 4.74 Å². The topological polar surface area (TPSA) is 89.0 Å². The fraction of sp³-hybridized carbons (Fsp3) is 0.375. The predicted molar refractivity (Wildman–Crippen MR) is 120 cm³/mol. The van der Waals surface area contributed by atoms with Crippen molar-refractivity contribution in [2.75, 3.05) is 33.8 Å². The molecule has 164 valence electrons. The summed E-state index contributed by atoms with van der Waals surface area (Å²) in [6.07, 6.45) is 2.84. The minimum atomic E-state index is -1.12. The van der Waals surface area contributed by atoms with Gasteiger partial charge >= 0.3 is 5.97 Å². The van der Waals surface area contributed by atoms with Gasteiger partial charge < -0.3 is 24.8 Å². The lowest BCUT2D eigenvalue weighted by Crippen LogP contribution is -2.31. The Morgan fingerprint density at radius 1 is 1.23 bits per heavy atom. The smallest absolute Gasteiger partial charge is 0.339 e. The van der Waals surface area contributed by atoms with Gasteiger partial charge in [0.05, 0.1) is 7.11 Å². The van der Waals surface area contributed by atoms with Crippen LogP contribution in [0.3, 0.4) is 0 Å². The lowest BCUT2D eigenvalue weighted by Gasteiger charge is -2.31. The monoisotopic (exact) mass is 423 g/mol. The van der Waals surface area contributed by atoms with Crippen LogP contribution in [0.4, 0.5) is 0 Å². The molecule has 3 aromatic rings. The van der Waals surface area contributed by atoms with Crippen molar-refractivity contribution < 1.29 is 19.7 Å². The number of likely N-dealkylation sites (N-methyl/N-ethyl adjacent to an activating group) is 1. The van der Waals surface area contributed by atoms with E-state index >= 15 is 0 Å². The largest absolute Gasteiger partial charge is 0.507 e. The molecule has 1 atom stereocenters. The van der Waals surface area contributed by atoms with E-state index in [4.69, 9.17) is 4.74 Å². The van der Waals surface area contributed by atoms with Crippen LogP contribution >= 0.6 is 0 Å². The van der Waals surface area contributed by atoms with Crippen LogP contribution in [0.15, 0.2) is 36.5 Å². The zero-order chi connectivity index (χ0) is 22.1. The number of carbonyl (C=O) groups is 1. The van der Waals surface area contributed by atoms with Crippen LogP contribution in [-0.4, -0.2) is 64.8 Å². The van der Waals surface area contributed by atoms with Crippen LogP contribution in [0, 0.1) is 6.92 Å². The Kier molecular flexibility index (Phi) is 5.89. The van der Waals surface area contributed by atoms with Gasteiger partial charge in [-0.05, 0) is 62.3 Å². The average molecular weight is 424 g/mol. The van der Waals surface area contributed by atoms with Crippen LogP contribution in [0.25, 0.3) is 10.9 Å². The maximum atomic E-state index is 11.3. The summed E-state index contributed by atoms with van der Waals surface area (Å²) in [4.78, 5) is 19.4. The number of H-pyrrole nitrogens is 1. The molecule has 0 bridgehead atoms. The molecule has 1 saturated heterocycles. The number of benzene rings is 2. The summed E-state index contributed by atoms with van der Waals surface area (Å²) in [7, 11) is 3.81. The van der Waals surface area contributed by atoms with Crippen LogP contribution in [0.5, 0.6) is 11.5 Å². The minimum Gasteiger partial charge on any atom is -0.507 e. The lowest BCUT2D eigenvalue weighted by molar-refractivity contribution is 0.0693. The van der Waals surface area contributed by atoms with Crippen molar-refractivity contribution in [2.24, 2.45) is 0 Å². The Hall–Kier alpha value is -3.03. The number of aromatic amines is 1. The summed E-state index contributed by atoms with van der Waals surface area (Å²) < 4.78 is 5.74. The van der Waals surface area contributed by atoms with Gasteiger partial charge in [0.25, 0.3) is 0 Å². The van der Waals surface area contributed by atoms with E-state index in [0.29, 0.717) is 6.54 Å². The predicted octanol–water partition coefficient (Wildman–Crippen LogP) is 3.77. The lowest BCUT2D eigenvalue weighted by atomic mass is 9.98. The van der Waals surface area contributed by atoms with Crippen molar-refractivity contribution in [2.45, 2.75) is 25.9 Å². The highest BCUT2D eigenvalue weighted by molar-refractivity contribution is 5.91. The van der Waals surface area contributed by atoms with E-state index in [9.17, 15) is 15.0 Å². The molecule has 2 aromatic carbocycles. The van der Waals surface area contributed by atoms with Gasteiger partial charge in [-0.2, -0.15) is 0 Å². The number of carboxylic acids is 1. The van der Waals surface area contributed by atoms with Crippen molar-refractivity contribution in [1.82, 2.24) is 14.8 Å². The summed E-state index contributed by atoms with van der Waals surface area (Å²) in [5, 5.41) is 20.7. The van der Waals surface area contributed by atoms with E-state index in [-0.39, 0.29) is 17.4 Å². The van der Waals surface area contributed by atoms with Crippen LogP contribution in [0.2, 0.25) is 0 Å². The number of nitrogens with one attached hydrogen (secondary N) is 1. The number of hydrogen-bond donors (Lipinski definition) is 3. The van der Waals surface area contributed by atoms with E-state index < -0.39 is 5.97 Å². The van der Waals surface area contributed by atoms with Crippen molar-refractivity contribution in [3.8, 4) is 11.5 Å². The number of aromatic carboxylic acids is 1. The van der Waals surface area contributed by atoms with Gasteiger partial charge in [-0.1, -0.05) is 6.07 Å². The minimum absolute atomic E-state index is 0.0543. The molecule has 7 heteroatoms. The quantitative estimate of drug-likeness (QED) is 0.579. The molecule has 0 aliphatic carbocycles. The maximum absolute atomic E-state index is 11.3. The van der Waals surface area contributed by atoms with Gasteiger partial charge in [0, 0.05) is 48.3 Å². The first-order valence-corrected chi connectivity index (χ1v) is 10.5. The Labute approximate surface area is 181 Å². The second kappa shape index (κ2) is 8.61. The third kappa shape index (κ3) is 4.11. The number of methoxy groups -OCH3 is 1. The highest BCUT2D eigenvalue weighted by Crippen LogP contribution is 2.36. The molecule has 1 unspecified atom stereocenters. The number of phenols is 1. The molecular formula is C24H29N3O4. The fourth-order valence-electron chi connectivity index (χ4n) is 4.58. The van der Waals surface area contributed by atoms with Crippen molar-refractivity contribution in [3.63, 3.8) is 0 Å². The van der Waals surface area contributed by atoms with Gasteiger partial charge in [0.15, 0.2) is 0 Å². The second-order valence-corrected chi connectivity index (χ2v) is 8.30. The molecule has 0 saturated carbocycles. The molecule has 3 N–H and O–H groups in total. The summed E-state index contributed by atoms with van der Waals surface area (Å²) in [6.45, 7) is 5.47. The summed E-state index contributed by atoms with van der Waals surface area (Å²) >= 11 is 0. The van der Waals surface area contributed by atoms with Gasteiger partial charge in [0.1, 0.15) is 17.1 Å². The number of ether oxygens (including phenoxy) is 1. The number of hydrogen-bond acceptors (Lipinski definition) is 5. The zero-order valence-electron chi connectivity index (χ0n) is 18.2. The molecule has 31 heavy (non-hydrogen) atoms. The van der Waals surface area contributed by atoms with Gasteiger partial charge in [-0.25, -0.2) is 4.79 Å². The number of aromatic hydroxyl groups is 1. The highest BCUT2D eigenvalue weighted by atomic mass is 16.5. The number of rotatable bonds is 5. The first kappa shape index (κ1) is 21.2. The second-order valence-electron chi connectivity index (χ2n) is 8.30. The molecule has 1 aliphatic rings. The fourth-order valence-corrected chi connectivity index (χ4v) is 4.58. The number of aryl methyl sites for hydroxylation is 1. The third-order valence-electron chi connectivity index (χ3n) is 6.32.